The molecule has 1 aliphatic heterocycles. The Morgan fingerprint density at radius 1 is 1.70 bits per heavy atom. The fourth-order valence-electron chi connectivity index (χ4n) is 1.26. The third-order valence-corrected chi connectivity index (χ3v) is 1.80. The van der Waals surface area contributed by atoms with Crippen molar-refractivity contribution in [2.24, 2.45) is 10.9 Å². The number of fused-ring (bicyclic) bond motifs is 1. The van der Waals surface area contributed by atoms with E-state index in [2.05, 4.69) is 16.9 Å². The Labute approximate surface area is 60.0 Å². The molecule has 0 amide bonds. The van der Waals surface area contributed by atoms with Gasteiger partial charge in [0.25, 0.3) is 0 Å². The smallest absolute Gasteiger partial charge is 0.0832 e. The standard InChI is InChI=1S/C8H10N2/c1-6-4-8-7(10-5-6)2-3-9-8/h2-3,5-6,9H,4H2,1H3. The van der Waals surface area contributed by atoms with Crippen LogP contribution in [-0.4, -0.2) is 11.2 Å². The number of H-pyrrole nitrogens is 1. The Bertz CT molecular complexity index is 260. The highest BCUT2D eigenvalue weighted by Gasteiger charge is 2.10. The van der Waals surface area contributed by atoms with Crippen molar-refractivity contribution >= 4 is 11.9 Å². The van der Waals surface area contributed by atoms with E-state index in [1.54, 1.807) is 0 Å². The number of nitrogens with one attached hydrogen (secondary N) is 1. The maximum Gasteiger partial charge on any atom is 0.0832 e. The molecule has 1 aromatic heterocycles. The van der Waals surface area contributed by atoms with Gasteiger partial charge in [-0.05, 0) is 18.4 Å². The number of rotatable bonds is 0. The van der Waals surface area contributed by atoms with Crippen molar-refractivity contribution in [2.75, 3.05) is 0 Å². The third-order valence-electron chi connectivity index (χ3n) is 1.80. The van der Waals surface area contributed by atoms with Gasteiger partial charge in [0, 0.05) is 18.1 Å². The number of hydrogen-bond donors (Lipinski definition) is 1. The van der Waals surface area contributed by atoms with Crippen molar-refractivity contribution in [3.8, 4) is 0 Å². The normalized spacial score (nSPS) is 22.7. The molecule has 0 saturated heterocycles. The molecule has 10 heavy (non-hydrogen) atoms. The minimum atomic E-state index is 0.589. The van der Waals surface area contributed by atoms with E-state index in [0.29, 0.717) is 5.92 Å². The van der Waals surface area contributed by atoms with E-state index in [-0.39, 0.29) is 0 Å². The Kier molecular flexibility index (Phi) is 1.13. The Balaban J connectivity index is 2.43. The lowest BCUT2D eigenvalue weighted by atomic mass is 10.0. The lowest BCUT2D eigenvalue weighted by molar-refractivity contribution is 0.755. The molecular formula is C8H10N2. The van der Waals surface area contributed by atoms with Crippen molar-refractivity contribution in [1.82, 2.24) is 4.98 Å². The van der Waals surface area contributed by atoms with Crippen LogP contribution in [-0.2, 0) is 6.42 Å². The molecule has 52 valence electrons. The number of nitrogens with zero attached hydrogens (tertiary/aromatic N) is 1. The second kappa shape index (κ2) is 1.97. The van der Waals surface area contributed by atoms with Gasteiger partial charge < -0.3 is 4.98 Å². The van der Waals surface area contributed by atoms with Gasteiger partial charge in [0.15, 0.2) is 0 Å². The van der Waals surface area contributed by atoms with Crippen LogP contribution in [0.5, 0.6) is 0 Å². The van der Waals surface area contributed by atoms with Crippen LogP contribution >= 0.6 is 0 Å². The zero-order valence-electron chi connectivity index (χ0n) is 5.96. The predicted octanol–water partition coefficient (Wildman–Crippen LogP) is 1.91. The monoisotopic (exact) mass is 134 g/mol. The zero-order valence-corrected chi connectivity index (χ0v) is 5.96. The highest BCUT2D eigenvalue weighted by molar-refractivity contribution is 5.69. The first-order valence-corrected chi connectivity index (χ1v) is 3.56. The summed E-state index contributed by atoms with van der Waals surface area (Å²) in [7, 11) is 0. The summed E-state index contributed by atoms with van der Waals surface area (Å²) in [4.78, 5) is 7.45. The topological polar surface area (TPSA) is 28.1 Å². The fourth-order valence-corrected chi connectivity index (χ4v) is 1.26. The largest absolute Gasteiger partial charge is 0.363 e. The molecule has 0 saturated carbocycles. The van der Waals surface area contributed by atoms with Crippen molar-refractivity contribution in [2.45, 2.75) is 13.3 Å². The first-order valence-electron chi connectivity index (χ1n) is 3.56. The molecule has 2 heteroatoms. The van der Waals surface area contributed by atoms with Gasteiger partial charge in [-0.3, -0.25) is 4.99 Å². The first-order chi connectivity index (χ1) is 4.86. The molecule has 1 aromatic rings. The Hall–Kier alpha value is -1.05. The van der Waals surface area contributed by atoms with Gasteiger partial charge in [-0.15, -0.1) is 0 Å². The third kappa shape index (κ3) is 0.764. The molecular weight excluding hydrogens is 124 g/mol. The molecule has 0 fully saturated rings. The SMILES string of the molecule is CC1C=Nc2cc[nH]c2C1. The number of aromatic amines is 1. The number of aromatic nitrogens is 1. The van der Waals surface area contributed by atoms with Gasteiger partial charge in [-0.2, -0.15) is 0 Å². The van der Waals surface area contributed by atoms with E-state index in [0.717, 1.165) is 12.1 Å². The van der Waals surface area contributed by atoms with Crippen molar-refractivity contribution in [1.29, 1.82) is 0 Å². The molecule has 1 N–H and O–H groups in total. The Morgan fingerprint density at radius 3 is 3.50 bits per heavy atom. The maximum atomic E-state index is 4.28. The maximum absolute atomic E-state index is 4.28. The molecule has 2 nitrogen and oxygen atoms in total. The van der Waals surface area contributed by atoms with Crippen LogP contribution in [0.1, 0.15) is 12.6 Å². The van der Waals surface area contributed by atoms with Crippen molar-refractivity contribution < 1.29 is 0 Å². The van der Waals surface area contributed by atoms with E-state index < -0.39 is 0 Å². The van der Waals surface area contributed by atoms with Crippen LogP contribution < -0.4 is 0 Å². The molecule has 1 unspecified atom stereocenters. The highest BCUT2D eigenvalue weighted by atomic mass is 14.8. The average Bonchev–Trinajstić information content (AvgIpc) is 2.33. The summed E-state index contributed by atoms with van der Waals surface area (Å²) < 4.78 is 0. The Morgan fingerprint density at radius 2 is 2.60 bits per heavy atom. The lowest BCUT2D eigenvalue weighted by Gasteiger charge is -2.09. The van der Waals surface area contributed by atoms with Crippen LogP contribution in [0.4, 0.5) is 5.69 Å². The minimum Gasteiger partial charge on any atom is -0.363 e. The molecule has 1 atom stereocenters. The molecule has 0 bridgehead atoms. The fraction of sp³-hybridized carbons (Fsp3) is 0.375. The second-order valence-corrected chi connectivity index (χ2v) is 2.80. The summed E-state index contributed by atoms with van der Waals surface area (Å²) in [6.07, 6.45) is 5.06. The lowest BCUT2D eigenvalue weighted by Crippen LogP contribution is -2.04. The average molecular weight is 134 g/mol. The van der Waals surface area contributed by atoms with Crippen LogP contribution in [0.15, 0.2) is 17.3 Å². The molecule has 0 radical (unpaired) electrons. The molecule has 0 aliphatic carbocycles. The van der Waals surface area contributed by atoms with Crippen LogP contribution in [0.25, 0.3) is 0 Å². The van der Waals surface area contributed by atoms with Gasteiger partial charge in [0.05, 0.1) is 5.69 Å². The molecule has 1 aliphatic rings. The minimum absolute atomic E-state index is 0.589. The second-order valence-electron chi connectivity index (χ2n) is 2.80. The summed E-state index contributed by atoms with van der Waals surface area (Å²) in [5, 5.41) is 0. The van der Waals surface area contributed by atoms with E-state index in [9.17, 15) is 0 Å². The van der Waals surface area contributed by atoms with Gasteiger partial charge in [0.1, 0.15) is 0 Å². The first kappa shape index (κ1) is 5.71. The summed E-state index contributed by atoms with van der Waals surface area (Å²) >= 11 is 0. The van der Waals surface area contributed by atoms with Crippen LogP contribution in [0.3, 0.4) is 0 Å². The molecule has 2 heterocycles. The van der Waals surface area contributed by atoms with Gasteiger partial charge >= 0.3 is 0 Å². The molecule has 0 spiro atoms. The van der Waals surface area contributed by atoms with Crippen molar-refractivity contribution in [3.63, 3.8) is 0 Å². The highest BCUT2D eigenvalue weighted by Crippen LogP contribution is 2.23. The predicted molar refractivity (Wildman–Crippen MR) is 41.8 cm³/mol. The van der Waals surface area contributed by atoms with Crippen LogP contribution in [0.2, 0.25) is 0 Å². The quantitative estimate of drug-likeness (QED) is 0.561. The molecule has 0 aromatic carbocycles. The van der Waals surface area contributed by atoms with Gasteiger partial charge in [-0.1, -0.05) is 6.92 Å². The van der Waals surface area contributed by atoms with E-state index >= 15 is 0 Å². The van der Waals surface area contributed by atoms with Crippen LogP contribution in [0, 0.1) is 5.92 Å². The van der Waals surface area contributed by atoms with Crippen molar-refractivity contribution in [3.05, 3.63) is 18.0 Å². The summed E-state index contributed by atoms with van der Waals surface area (Å²) in [5.74, 6) is 0.589. The zero-order chi connectivity index (χ0) is 6.97. The molecule has 2 rings (SSSR count). The van der Waals surface area contributed by atoms with Gasteiger partial charge in [0.2, 0.25) is 0 Å². The van der Waals surface area contributed by atoms with E-state index in [1.807, 2.05) is 18.5 Å². The summed E-state index contributed by atoms with van der Waals surface area (Å²) in [5.41, 5.74) is 2.38. The summed E-state index contributed by atoms with van der Waals surface area (Å²) in [6, 6.07) is 2.01. The van der Waals surface area contributed by atoms with E-state index in [1.165, 1.54) is 5.69 Å². The number of aliphatic imine (C=N–C) groups is 1. The van der Waals surface area contributed by atoms with Gasteiger partial charge in [-0.25, -0.2) is 0 Å². The van der Waals surface area contributed by atoms with E-state index in [4.69, 9.17) is 0 Å². The summed E-state index contributed by atoms with van der Waals surface area (Å²) in [6.45, 7) is 2.17. The number of hydrogen-bond acceptors (Lipinski definition) is 1.